The molecule has 0 amide bonds. The topological polar surface area (TPSA) is 70.5 Å². The number of aryl methyl sites for hydroxylation is 1. The van der Waals surface area contributed by atoms with Crippen LogP contribution in [0.3, 0.4) is 0 Å². The fourth-order valence-electron chi connectivity index (χ4n) is 2.60. The molecule has 5 heteroatoms. The van der Waals surface area contributed by atoms with E-state index in [1.807, 2.05) is 18.2 Å². The van der Waals surface area contributed by atoms with Crippen molar-refractivity contribution in [3.8, 4) is 0 Å². The average Bonchev–Trinajstić information content (AvgIpc) is 2.45. The van der Waals surface area contributed by atoms with Crippen LogP contribution in [0.4, 0.5) is 11.4 Å². The molecule has 0 bridgehead atoms. The molecular formula is C16H28N3O2+. The Kier molecular flexibility index (Phi) is 5.85. The van der Waals surface area contributed by atoms with Gasteiger partial charge in [0.05, 0.1) is 26.9 Å². The summed E-state index contributed by atoms with van der Waals surface area (Å²) in [7, 11) is 2.28. The Hall–Kier alpha value is -1.30. The average molecular weight is 294 g/mol. The van der Waals surface area contributed by atoms with Gasteiger partial charge in [-0.15, -0.1) is 0 Å². The molecule has 2 rings (SSSR count). The van der Waals surface area contributed by atoms with Gasteiger partial charge < -0.3 is 25.4 Å². The number of nitrogen functional groups attached to an aromatic ring is 2. The zero-order valence-corrected chi connectivity index (χ0v) is 13.0. The molecule has 118 valence electrons. The smallest absolute Gasteiger partial charge is 0.102 e. The van der Waals surface area contributed by atoms with Gasteiger partial charge in [-0.1, -0.05) is 6.07 Å². The normalized spacial score (nSPS) is 17.8. The number of hydrogen-bond donors (Lipinski definition) is 2. The van der Waals surface area contributed by atoms with Gasteiger partial charge in [0.25, 0.3) is 0 Å². The van der Waals surface area contributed by atoms with E-state index in [0.717, 1.165) is 80.3 Å². The molecule has 1 fully saturated rings. The number of benzene rings is 1. The molecule has 0 unspecified atom stereocenters. The van der Waals surface area contributed by atoms with Crippen LogP contribution in [-0.4, -0.2) is 57.6 Å². The maximum Gasteiger partial charge on any atom is 0.102 e. The van der Waals surface area contributed by atoms with Gasteiger partial charge in [-0.2, -0.15) is 0 Å². The molecule has 1 aromatic carbocycles. The highest BCUT2D eigenvalue weighted by Gasteiger charge is 2.24. The number of morpholine rings is 1. The van der Waals surface area contributed by atoms with Crippen molar-refractivity contribution in [2.45, 2.75) is 12.8 Å². The first-order chi connectivity index (χ1) is 10.1. The second-order valence-corrected chi connectivity index (χ2v) is 6.08. The van der Waals surface area contributed by atoms with Gasteiger partial charge in [0, 0.05) is 18.0 Å². The minimum atomic E-state index is 0.718. The number of nitrogens with two attached hydrogens (primary N) is 2. The summed E-state index contributed by atoms with van der Waals surface area (Å²) in [6.45, 7) is 6.57. The number of likely N-dealkylation sites (N-methyl/N-ethyl adjacent to an activating group) is 1. The number of nitrogens with zero attached hydrogens (tertiary/aromatic N) is 1. The molecule has 21 heavy (non-hydrogen) atoms. The summed E-state index contributed by atoms with van der Waals surface area (Å²) >= 11 is 0. The van der Waals surface area contributed by atoms with Gasteiger partial charge in [-0.05, 0) is 30.5 Å². The predicted octanol–water partition coefficient (Wildman–Crippen LogP) is 1.28. The van der Waals surface area contributed by atoms with E-state index in [2.05, 4.69) is 7.05 Å². The lowest BCUT2D eigenvalue weighted by Gasteiger charge is -2.37. The van der Waals surface area contributed by atoms with Crippen molar-refractivity contribution in [2.75, 3.05) is 64.6 Å². The molecule has 0 saturated carbocycles. The minimum Gasteiger partial charge on any atom is -0.399 e. The Labute approximate surface area is 127 Å². The van der Waals surface area contributed by atoms with Crippen molar-refractivity contribution in [1.82, 2.24) is 0 Å². The maximum absolute atomic E-state index is 5.94. The van der Waals surface area contributed by atoms with Crippen LogP contribution < -0.4 is 11.5 Å². The van der Waals surface area contributed by atoms with Crippen LogP contribution in [0.25, 0.3) is 0 Å². The van der Waals surface area contributed by atoms with Crippen molar-refractivity contribution < 1.29 is 14.0 Å². The molecule has 0 spiro atoms. The van der Waals surface area contributed by atoms with Crippen LogP contribution in [0.15, 0.2) is 18.2 Å². The van der Waals surface area contributed by atoms with E-state index in [4.69, 9.17) is 20.9 Å². The summed E-state index contributed by atoms with van der Waals surface area (Å²) < 4.78 is 12.2. The molecule has 0 aromatic heterocycles. The number of anilines is 2. The first kappa shape index (κ1) is 16.1. The molecular weight excluding hydrogens is 266 g/mol. The van der Waals surface area contributed by atoms with Gasteiger partial charge in [0.15, 0.2) is 0 Å². The van der Waals surface area contributed by atoms with Crippen LogP contribution in [0.2, 0.25) is 0 Å². The molecule has 5 nitrogen and oxygen atoms in total. The van der Waals surface area contributed by atoms with Crippen LogP contribution in [0, 0.1) is 0 Å². The zero-order chi connectivity index (χ0) is 15.1. The van der Waals surface area contributed by atoms with Crippen molar-refractivity contribution in [1.29, 1.82) is 0 Å². The second kappa shape index (κ2) is 7.64. The van der Waals surface area contributed by atoms with Crippen molar-refractivity contribution in [3.05, 3.63) is 23.8 Å². The van der Waals surface area contributed by atoms with Crippen LogP contribution in [-0.2, 0) is 15.9 Å². The third-order valence-corrected chi connectivity index (χ3v) is 4.23. The Morgan fingerprint density at radius 1 is 1.19 bits per heavy atom. The summed E-state index contributed by atoms with van der Waals surface area (Å²) in [5, 5.41) is 0. The van der Waals surface area contributed by atoms with Crippen LogP contribution in [0.1, 0.15) is 12.0 Å². The number of hydrogen-bond acceptors (Lipinski definition) is 4. The predicted molar refractivity (Wildman–Crippen MR) is 86.0 cm³/mol. The highest BCUT2D eigenvalue weighted by atomic mass is 16.5. The van der Waals surface area contributed by atoms with Gasteiger partial charge in [0.1, 0.15) is 19.6 Å². The monoisotopic (exact) mass is 294 g/mol. The Bertz CT molecular complexity index is 445. The van der Waals surface area contributed by atoms with Crippen LogP contribution in [0.5, 0.6) is 0 Å². The highest BCUT2D eigenvalue weighted by Crippen LogP contribution is 2.17. The number of ether oxygens (including phenoxy) is 2. The van der Waals surface area contributed by atoms with Gasteiger partial charge in [0.2, 0.25) is 0 Å². The van der Waals surface area contributed by atoms with E-state index in [1.54, 1.807) is 0 Å². The summed E-state index contributed by atoms with van der Waals surface area (Å²) in [6.07, 6.45) is 1.92. The third-order valence-electron chi connectivity index (χ3n) is 4.23. The third kappa shape index (κ3) is 5.19. The standard InChI is InChI=1S/C16H28N3O2/c1-19(7-11-21-12-8-19)6-10-20-9-2-3-14-4-5-15(17)13-16(14)18/h4-5,13H,2-3,6-12,17-18H2,1H3/q+1. The van der Waals surface area contributed by atoms with E-state index in [-0.39, 0.29) is 0 Å². The Balaban J connectivity index is 1.59. The molecule has 0 radical (unpaired) electrons. The molecule has 0 aliphatic carbocycles. The molecule has 1 aliphatic rings. The lowest BCUT2D eigenvalue weighted by molar-refractivity contribution is -0.917. The SMILES string of the molecule is C[N+]1(CCOCCCc2ccc(N)cc2N)CCOCC1. The lowest BCUT2D eigenvalue weighted by Crippen LogP contribution is -2.53. The molecule has 1 heterocycles. The van der Waals surface area contributed by atoms with Gasteiger partial charge in [-0.25, -0.2) is 0 Å². The molecule has 0 atom stereocenters. The van der Waals surface area contributed by atoms with E-state index in [1.165, 1.54) is 0 Å². The molecule has 1 aromatic rings. The summed E-state index contributed by atoms with van der Waals surface area (Å²) in [5.41, 5.74) is 14.3. The van der Waals surface area contributed by atoms with E-state index in [0.29, 0.717) is 0 Å². The second-order valence-electron chi connectivity index (χ2n) is 6.08. The first-order valence-electron chi connectivity index (χ1n) is 7.72. The first-order valence-corrected chi connectivity index (χ1v) is 7.72. The van der Waals surface area contributed by atoms with Crippen molar-refractivity contribution in [3.63, 3.8) is 0 Å². The highest BCUT2D eigenvalue weighted by molar-refractivity contribution is 5.56. The molecule has 1 saturated heterocycles. The molecule has 4 N–H and O–H groups in total. The summed E-state index contributed by atoms with van der Waals surface area (Å²) in [6, 6.07) is 5.72. The molecule has 1 aliphatic heterocycles. The summed E-state index contributed by atoms with van der Waals surface area (Å²) in [5.74, 6) is 0. The van der Waals surface area contributed by atoms with Gasteiger partial charge >= 0.3 is 0 Å². The zero-order valence-electron chi connectivity index (χ0n) is 13.0. The van der Waals surface area contributed by atoms with Crippen molar-refractivity contribution >= 4 is 11.4 Å². The van der Waals surface area contributed by atoms with Crippen molar-refractivity contribution in [2.24, 2.45) is 0 Å². The van der Waals surface area contributed by atoms with E-state index >= 15 is 0 Å². The number of rotatable bonds is 7. The van der Waals surface area contributed by atoms with Gasteiger partial charge in [-0.3, -0.25) is 0 Å². The summed E-state index contributed by atoms with van der Waals surface area (Å²) in [4.78, 5) is 0. The Morgan fingerprint density at radius 2 is 1.95 bits per heavy atom. The van der Waals surface area contributed by atoms with Crippen LogP contribution >= 0.6 is 0 Å². The van der Waals surface area contributed by atoms with E-state index < -0.39 is 0 Å². The van der Waals surface area contributed by atoms with E-state index in [9.17, 15) is 0 Å². The number of quaternary nitrogens is 1. The Morgan fingerprint density at radius 3 is 2.67 bits per heavy atom. The maximum atomic E-state index is 5.94. The fourth-order valence-corrected chi connectivity index (χ4v) is 2.60. The fraction of sp³-hybridized carbons (Fsp3) is 0.625. The largest absolute Gasteiger partial charge is 0.399 e. The minimum absolute atomic E-state index is 0.718. The lowest BCUT2D eigenvalue weighted by atomic mass is 10.1. The quantitative estimate of drug-likeness (QED) is 0.451.